The van der Waals surface area contributed by atoms with Crippen LogP contribution in [0.15, 0.2) is 4.47 Å². The van der Waals surface area contributed by atoms with E-state index in [1.807, 2.05) is 32.5 Å². The summed E-state index contributed by atoms with van der Waals surface area (Å²) >= 11 is 3.58. The molecule has 0 saturated heterocycles. The zero-order chi connectivity index (χ0) is 15.3. The fraction of sp³-hybridized carbons (Fsp3) is 0.714. The first-order valence-electron chi connectivity index (χ1n) is 6.96. The molecule has 0 fully saturated rings. The van der Waals surface area contributed by atoms with Gasteiger partial charge in [0.1, 0.15) is 0 Å². The molecule has 1 aromatic heterocycles. The van der Waals surface area contributed by atoms with Crippen LogP contribution in [-0.2, 0) is 24.8 Å². The summed E-state index contributed by atoms with van der Waals surface area (Å²) in [5.41, 5.74) is 2.01. The molecule has 114 valence electrons. The number of hydrogen-bond donors (Lipinski definition) is 2. The Morgan fingerprint density at radius 3 is 2.55 bits per heavy atom. The zero-order valence-electron chi connectivity index (χ0n) is 13.0. The summed E-state index contributed by atoms with van der Waals surface area (Å²) in [6, 6.07) is 0. The van der Waals surface area contributed by atoms with E-state index in [9.17, 15) is 4.79 Å². The van der Waals surface area contributed by atoms with E-state index in [0.717, 1.165) is 22.3 Å². The molecule has 0 spiro atoms. The molecule has 0 aliphatic rings. The van der Waals surface area contributed by atoms with Crippen LogP contribution in [0.2, 0.25) is 0 Å². The van der Waals surface area contributed by atoms with Crippen LogP contribution in [0.1, 0.15) is 45.5 Å². The fourth-order valence-corrected chi connectivity index (χ4v) is 2.66. The molecule has 0 bridgehead atoms. The first-order chi connectivity index (χ1) is 9.24. The van der Waals surface area contributed by atoms with Gasteiger partial charge in [-0.2, -0.15) is 5.10 Å². The highest BCUT2D eigenvalue weighted by molar-refractivity contribution is 9.10. The molecule has 0 aromatic carbocycles. The smallest absolute Gasteiger partial charge is 0.221 e. The van der Waals surface area contributed by atoms with Crippen molar-refractivity contribution >= 4 is 21.8 Å². The second kappa shape index (κ2) is 7.22. The minimum atomic E-state index is -0.168. The van der Waals surface area contributed by atoms with Gasteiger partial charge in [-0.1, -0.05) is 6.92 Å². The van der Waals surface area contributed by atoms with Crippen molar-refractivity contribution < 1.29 is 4.79 Å². The Bertz CT molecular complexity index is 462. The average Bonchev–Trinajstić information content (AvgIpc) is 2.58. The lowest BCUT2D eigenvalue weighted by molar-refractivity contribution is -0.122. The Kier molecular flexibility index (Phi) is 6.20. The third kappa shape index (κ3) is 5.25. The van der Waals surface area contributed by atoms with Crippen molar-refractivity contribution in [3.63, 3.8) is 0 Å². The Morgan fingerprint density at radius 1 is 1.40 bits per heavy atom. The van der Waals surface area contributed by atoms with Crippen LogP contribution in [0.3, 0.4) is 0 Å². The van der Waals surface area contributed by atoms with Gasteiger partial charge in [0.05, 0.1) is 15.9 Å². The molecule has 0 atom stereocenters. The van der Waals surface area contributed by atoms with Crippen molar-refractivity contribution in [3.05, 3.63) is 15.9 Å². The van der Waals surface area contributed by atoms with Crippen LogP contribution in [0, 0.1) is 0 Å². The van der Waals surface area contributed by atoms with Crippen LogP contribution >= 0.6 is 15.9 Å². The van der Waals surface area contributed by atoms with E-state index in [1.165, 1.54) is 0 Å². The van der Waals surface area contributed by atoms with E-state index in [1.54, 1.807) is 0 Å². The van der Waals surface area contributed by atoms with Gasteiger partial charge in [0.25, 0.3) is 0 Å². The highest BCUT2D eigenvalue weighted by atomic mass is 79.9. The van der Waals surface area contributed by atoms with Gasteiger partial charge in [0.2, 0.25) is 5.91 Å². The maximum Gasteiger partial charge on any atom is 0.221 e. The molecular formula is C14H25BrN4O. The van der Waals surface area contributed by atoms with Gasteiger partial charge in [-0.3, -0.25) is 9.48 Å². The number of nitrogens with zero attached hydrogens (tertiary/aromatic N) is 2. The van der Waals surface area contributed by atoms with Crippen molar-refractivity contribution in [3.8, 4) is 0 Å². The van der Waals surface area contributed by atoms with Gasteiger partial charge in [0.15, 0.2) is 0 Å². The predicted octanol–water partition coefficient (Wildman–Crippen LogP) is 2.14. The van der Waals surface area contributed by atoms with Crippen LogP contribution in [0.4, 0.5) is 0 Å². The van der Waals surface area contributed by atoms with Gasteiger partial charge in [0, 0.05) is 32.1 Å². The van der Waals surface area contributed by atoms with Crippen molar-refractivity contribution in [2.75, 3.05) is 6.54 Å². The van der Waals surface area contributed by atoms with Crippen molar-refractivity contribution in [1.29, 1.82) is 0 Å². The van der Waals surface area contributed by atoms with Gasteiger partial charge < -0.3 is 10.6 Å². The predicted molar refractivity (Wildman–Crippen MR) is 84.5 cm³/mol. The SMILES string of the molecule is CCc1nn(C)c(CNCCC(=O)NC(C)(C)C)c1Br. The molecule has 1 aromatic rings. The Morgan fingerprint density at radius 2 is 2.05 bits per heavy atom. The maximum atomic E-state index is 11.7. The standard InChI is InChI=1S/C14H25BrN4O/c1-6-10-13(15)11(19(5)18-10)9-16-8-7-12(20)17-14(2,3)4/h16H,6-9H2,1-5H3,(H,17,20). The molecule has 0 aliphatic carbocycles. The van der Waals surface area contributed by atoms with E-state index in [0.29, 0.717) is 19.5 Å². The van der Waals surface area contributed by atoms with Gasteiger partial charge >= 0.3 is 0 Å². The normalized spacial score (nSPS) is 11.7. The van der Waals surface area contributed by atoms with Gasteiger partial charge in [-0.15, -0.1) is 0 Å². The average molecular weight is 345 g/mol. The largest absolute Gasteiger partial charge is 0.351 e. The molecule has 1 rings (SSSR count). The molecule has 20 heavy (non-hydrogen) atoms. The summed E-state index contributed by atoms with van der Waals surface area (Å²) in [4.78, 5) is 11.7. The minimum absolute atomic E-state index is 0.0725. The van der Waals surface area contributed by atoms with Gasteiger partial charge in [-0.05, 0) is 43.1 Å². The molecule has 5 nitrogen and oxygen atoms in total. The monoisotopic (exact) mass is 344 g/mol. The lowest BCUT2D eigenvalue weighted by Gasteiger charge is -2.20. The second-order valence-electron chi connectivity index (χ2n) is 5.91. The topological polar surface area (TPSA) is 59.0 Å². The Hall–Kier alpha value is -0.880. The molecule has 6 heteroatoms. The third-order valence-electron chi connectivity index (χ3n) is 2.84. The van der Waals surface area contributed by atoms with Crippen LogP contribution in [-0.4, -0.2) is 27.8 Å². The molecule has 0 saturated carbocycles. The first kappa shape index (κ1) is 17.2. The first-order valence-corrected chi connectivity index (χ1v) is 7.76. The van der Waals surface area contributed by atoms with E-state index in [2.05, 4.69) is 38.6 Å². The van der Waals surface area contributed by atoms with E-state index < -0.39 is 0 Å². The minimum Gasteiger partial charge on any atom is -0.351 e. The number of aromatic nitrogens is 2. The highest BCUT2D eigenvalue weighted by Gasteiger charge is 2.14. The summed E-state index contributed by atoms with van der Waals surface area (Å²) in [5.74, 6) is 0.0725. The quantitative estimate of drug-likeness (QED) is 0.777. The van der Waals surface area contributed by atoms with Gasteiger partial charge in [-0.25, -0.2) is 0 Å². The number of nitrogens with one attached hydrogen (secondary N) is 2. The van der Waals surface area contributed by atoms with Crippen molar-refractivity contribution in [2.45, 2.75) is 52.6 Å². The van der Waals surface area contributed by atoms with E-state index >= 15 is 0 Å². The van der Waals surface area contributed by atoms with Crippen LogP contribution < -0.4 is 10.6 Å². The molecule has 1 amide bonds. The fourth-order valence-electron chi connectivity index (χ4n) is 1.90. The highest BCUT2D eigenvalue weighted by Crippen LogP contribution is 2.21. The van der Waals surface area contributed by atoms with Crippen molar-refractivity contribution in [2.24, 2.45) is 7.05 Å². The summed E-state index contributed by atoms with van der Waals surface area (Å²) in [7, 11) is 1.94. The Balaban J connectivity index is 2.39. The number of halogens is 1. The van der Waals surface area contributed by atoms with Crippen molar-refractivity contribution in [1.82, 2.24) is 20.4 Å². The molecule has 0 unspecified atom stereocenters. The zero-order valence-corrected chi connectivity index (χ0v) is 14.6. The molecule has 0 radical (unpaired) electrons. The second-order valence-corrected chi connectivity index (χ2v) is 6.70. The summed E-state index contributed by atoms with van der Waals surface area (Å²) in [6.07, 6.45) is 1.38. The number of rotatable bonds is 6. The molecular weight excluding hydrogens is 320 g/mol. The Labute approximate surface area is 129 Å². The number of carbonyl (C=O) groups is 1. The molecule has 1 heterocycles. The lowest BCUT2D eigenvalue weighted by atomic mass is 10.1. The lowest BCUT2D eigenvalue weighted by Crippen LogP contribution is -2.41. The van der Waals surface area contributed by atoms with E-state index in [4.69, 9.17) is 0 Å². The number of carbonyl (C=O) groups excluding carboxylic acids is 1. The summed E-state index contributed by atoms with van der Waals surface area (Å²) in [6.45, 7) is 9.39. The summed E-state index contributed by atoms with van der Waals surface area (Å²) in [5, 5.41) is 10.7. The maximum absolute atomic E-state index is 11.7. The third-order valence-corrected chi connectivity index (χ3v) is 3.75. The number of aryl methyl sites for hydroxylation is 2. The summed E-state index contributed by atoms with van der Waals surface area (Å²) < 4.78 is 2.94. The number of amides is 1. The molecule has 0 aliphatic heterocycles. The molecule has 2 N–H and O–H groups in total. The van der Waals surface area contributed by atoms with Crippen LogP contribution in [0.5, 0.6) is 0 Å². The van der Waals surface area contributed by atoms with E-state index in [-0.39, 0.29) is 11.4 Å². The van der Waals surface area contributed by atoms with Crippen LogP contribution in [0.25, 0.3) is 0 Å². The number of hydrogen-bond acceptors (Lipinski definition) is 3.